The largest absolute Gasteiger partial charge is 0.309 e. The van der Waals surface area contributed by atoms with Gasteiger partial charge in [0.15, 0.2) is 0 Å². The number of aldehydes is 1. The molecule has 1 heterocycles. The molecule has 13 heavy (non-hydrogen) atoms. The molecule has 1 aliphatic rings. The first-order valence-electron chi connectivity index (χ1n) is 4.77. The fourth-order valence-electron chi connectivity index (χ4n) is 2.47. The van der Waals surface area contributed by atoms with Gasteiger partial charge in [-0.1, -0.05) is 6.92 Å². The Bertz CT molecular complexity index is 193. The van der Waals surface area contributed by atoms with Crippen LogP contribution in [-0.2, 0) is 4.79 Å². The molecule has 3 nitrogen and oxygen atoms in total. The Morgan fingerprint density at radius 3 is 2.62 bits per heavy atom. The number of likely N-dealkylation sites (N-methyl/N-ethyl adjacent to an activating group) is 1. The first-order chi connectivity index (χ1) is 5.97. The van der Waals surface area contributed by atoms with Crippen LogP contribution in [0.15, 0.2) is 0 Å². The summed E-state index contributed by atoms with van der Waals surface area (Å²) in [7, 11) is 6.19. The van der Waals surface area contributed by atoms with Crippen LogP contribution in [0.3, 0.4) is 0 Å². The summed E-state index contributed by atoms with van der Waals surface area (Å²) < 4.78 is 0. The van der Waals surface area contributed by atoms with Crippen LogP contribution in [0.25, 0.3) is 0 Å². The number of carbonyl (C=O) groups is 1. The van der Waals surface area contributed by atoms with Gasteiger partial charge in [0.2, 0.25) is 0 Å². The van der Waals surface area contributed by atoms with Crippen molar-refractivity contribution in [3.05, 3.63) is 0 Å². The molecular formula is C10H20N2O. The third-order valence-corrected chi connectivity index (χ3v) is 2.75. The lowest BCUT2D eigenvalue weighted by Crippen LogP contribution is -2.33. The van der Waals surface area contributed by atoms with E-state index in [0.29, 0.717) is 0 Å². The molecule has 0 aliphatic carbocycles. The van der Waals surface area contributed by atoms with E-state index >= 15 is 0 Å². The van der Waals surface area contributed by atoms with E-state index in [2.05, 4.69) is 30.8 Å². The van der Waals surface area contributed by atoms with Crippen LogP contribution >= 0.6 is 0 Å². The molecule has 1 fully saturated rings. The average molecular weight is 184 g/mol. The zero-order valence-corrected chi connectivity index (χ0v) is 9.08. The van der Waals surface area contributed by atoms with Crippen molar-refractivity contribution < 1.29 is 4.79 Å². The van der Waals surface area contributed by atoms with Crippen LogP contribution in [-0.4, -0.2) is 56.4 Å². The highest BCUT2D eigenvalue weighted by Crippen LogP contribution is 2.32. The van der Waals surface area contributed by atoms with Gasteiger partial charge in [0.1, 0.15) is 6.29 Å². The molecule has 1 aliphatic heterocycles. The van der Waals surface area contributed by atoms with E-state index in [-0.39, 0.29) is 11.5 Å². The van der Waals surface area contributed by atoms with E-state index in [9.17, 15) is 4.79 Å². The predicted octanol–water partition coefficient (Wildman–Crippen LogP) is 0.457. The zero-order chi connectivity index (χ0) is 10.1. The van der Waals surface area contributed by atoms with Gasteiger partial charge >= 0.3 is 0 Å². The SMILES string of the molecule is CN(C)CC1(C)CC(C=O)N(C)C1. The van der Waals surface area contributed by atoms with Crippen molar-refractivity contribution in [2.24, 2.45) is 5.41 Å². The quantitative estimate of drug-likeness (QED) is 0.595. The molecule has 76 valence electrons. The molecule has 0 aromatic heterocycles. The van der Waals surface area contributed by atoms with Crippen molar-refractivity contribution in [1.82, 2.24) is 9.80 Å². The van der Waals surface area contributed by atoms with Gasteiger partial charge in [0.25, 0.3) is 0 Å². The normalized spacial score (nSPS) is 35.6. The van der Waals surface area contributed by atoms with Crippen molar-refractivity contribution in [2.75, 3.05) is 34.2 Å². The number of nitrogens with zero attached hydrogens (tertiary/aromatic N) is 2. The third kappa shape index (κ3) is 2.51. The van der Waals surface area contributed by atoms with E-state index in [1.54, 1.807) is 0 Å². The van der Waals surface area contributed by atoms with E-state index < -0.39 is 0 Å². The standard InChI is InChI=1S/C10H20N2O/c1-10(7-11(2)3)5-9(6-13)12(4)8-10/h6,9H,5,7-8H2,1-4H3. The number of rotatable bonds is 3. The molecule has 1 saturated heterocycles. The summed E-state index contributed by atoms with van der Waals surface area (Å²) in [5.74, 6) is 0. The number of hydrogen-bond acceptors (Lipinski definition) is 3. The maximum atomic E-state index is 10.7. The highest BCUT2D eigenvalue weighted by molar-refractivity contribution is 5.58. The van der Waals surface area contributed by atoms with Gasteiger partial charge in [-0.2, -0.15) is 0 Å². The van der Waals surface area contributed by atoms with Crippen molar-refractivity contribution in [2.45, 2.75) is 19.4 Å². The molecule has 0 bridgehead atoms. The average Bonchev–Trinajstić information content (AvgIpc) is 2.24. The molecule has 2 unspecified atom stereocenters. The minimum Gasteiger partial charge on any atom is -0.309 e. The molecule has 0 aromatic carbocycles. The predicted molar refractivity (Wildman–Crippen MR) is 53.8 cm³/mol. The van der Waals surface area contributed by atoms with Gasteiger partial charge in [-0.05, 0) is 33.0 Å². The second-order valence-electron chi connectivity index (χ2n) is 4.87. The maximum absolute atomic E-state index is 10.7. The molecular weight excluding hydrogens is 164 g/mol. The molecule has 0 saturated carbocycles. The Labute approximate surface area is 80.7 Å². The topological polar surface area (TPSA) is 23.6 Å². The summed E-state index contributed by atoms with van der Waals surface area (Å²) in [6.07, 6.45) is 2.06. The van der Waals surface area contributed by atoms with Crippen molar-refractivity contribution >= 4 is 6.29 Å². The summed E-state index contributed by atoms with van der Waals surface area (Å²) in [5, 5.41) is 0. The minimum atomic E-state index is 0.130. The zero-order valence-electron chi connectivity index (χ0n) is 9.08. The van der Waals surface area contributed by atoms with Gasteiger partial charge in [-0.3, -0.25) is 4.90 Å². The van der Waals surface area contributed by atoms with Crippen molar-refractivity contribution in [3.63, 3.8) is 0 Å². The molecule has 0 radical (unpaired) electrons. The molecule has 0 amide bonds. The molecule has 3 heteroatoms. The number of hydrogen-bond donors (Lipinski definition) is 0. The molecule has 0 N–H and O–H groups in total. The molecule has 2 atom stereocenters. The van der Waals surface area contributed by atoms with Crippen LogP contribution in [0, 0.1) is 5.41 Å². The van der Waals surface area contributed by atoms with E-state index in [1.165, 1.54) is 0 Å². The lowest BCUT2D eigenvalue weighted by molar-refractivity contribution is -0.111. The lowest BCUT2D eigenvalue weighted by Gasteiger charge is -2.27. The van der Waals surface area contributed by atoms with E-state index in [1.807, 2.05) is 7.05 Å². The van der Waals surface area contributed by atoms with Crippen LogP contribution < -0.4 is 0 Å². The summed E-state index contributed by atoms with van der Waals surface area (Å²) in [5.41, 5.74) is 0.282. The van der Waals surface area contributed by atoms with Gasteiger partial charge in [-0.25, -0.2) is 0 Å². The summed E-state index contributed by atoms with van der Waals surface area (Å²) in [6, 6.07) is 0.130. The number of carbonyl (C=O) groups excluding carboxylic acids is 1. The Balaban J connectivity index is 2.58. The van der Waals surface area contributed by atoms with Crippen LogP contribution in [0.1, 0.15) is 13.3 Å². The highest BCUT2D eigenvalue weighted by Gasteiger charge is 2.38. The Hall–Kier alpha value is -0.410. The summed E-state index contributed by atoms with van der Waals surface area (Å²) in [4.78, 5) is 15.1. The summed E-state index contributed by atoms with van der Waals surface area (Å²) in [6.45, 7) is 4.34. The van der Waals surface area contributed by atoms with Gasteiger partial charge in [-0.15, -0.1) is 0 Å². The molecule has 1 rings (SSSR count). The fraction of sp³-hybridized carbons (Fsp3) is 0.900. The van der Waals surface area contributed by atoms with Crippen LogP contribution in [0.4, 0.5) is 0 Å². The Morgan fingerprint density at radius 1 is 1.62 bits per heavy atom. The molecule has 0 aromatic rings. The summed E-state index contributed by atoms with van der Waals surface area (Å²) >= 11 is 0. The maximum Gasteiger partial charge on any atom is 0.137 e. The van der Waals surface area contributed by atoms with Gasteiger partial charge in [0, 0.05) is 13.1 Å². The molecule has 0 spiro atoms. The van der Waals surface area contributed by atoms with E-state index in [4.69, 9.17) is 0 Å². The Morgan fingerprint density at radius 2 is 2.23 bits per heavy atom. The van der Waals surface area contributed by atoms with Gasteiger partial charge < -0.3 is 9.69 Å². The van der Waals surface area contributed by atoms with E-state index in [0.717, 1.165) is 25.8 Å². The Kier molecular flexibility index (Phi) is 3.09. The second kappa shape index (κ2) is 3.76. The lowest BCUT2D eigenvalue weighted by atomic mass is 9.87. The fourth-order valence-corrected chi connectivity index (χ4v) is 2.47. The monoisotopic (exact) mass is 184 g/mol. The second-order valence-corrected chi connectivity index (χ2v) is 4.87. The van der Waals surface area contributed by atoms with Crippen LogP contribution in [0.2, 0.25) is 0 Å². The minimum absolute atomic E-state index is 0.130. The third-order valence-electron chi connectivity index (χ3n) is 2.75. The first-order valence-corrected chi connectivity index (χ1v) is 4.77. The van der Waals surface area contributed by atoms with Gasteiger partial charge in [0.05, 0.1) is 6.04 Å². The number of likely N-dealkylation sites (tertiary alicyclic amines) is 1. The smallest absolute Gasteiger partial charge is 0.137 e. The van der Waals surface area contributed by atoms with Crippen molar-refractivity contribution in [3.8, 4) is 0 Å². The van der Waals surface area contributed by atoms with Crippen LogP contribution in [0.5, 0.6) is 0 Å². The van der Waals surface area contributed by atoms with Crippen molar-refractivity contribution in [1.29, 1.82) is 0 Å². The first kappa shape index (κ1) is 10.7. The highest BCUT2D eigenvalue weighted by atomic mass is 16.1.